The summed E-state index contributed by atoms with van der Waals surface area (Å²) in [5, 5.41) is 5.69. The molecular formula is C24H29N3O4S2. The Morgan fingerprint density at radius 1 is 1.09 bits per heavy atom. The van der Waals surface area contributed by atoms with Crippen molar-refractivity contribution < 1.29 is 18.0 Å². The molecule has 0 bridgehead atoms. The van der Waals surface area contributed by atoms with Crippen LogP contribution in [0.3, 0.4) is 0 Å². The maximum Gasteiger partial charge on any atom is 0.265 e. The summed E-state index contributed by atoms with van der Waals surface area (Å²) in [7, 11) is -3.71. The standard InChI is InChI=1S/C24H29N3O4S2/c1-2-23(28)25-19-8-5-6-14-27(16-19)33(30,31)20-12-10-18(11-13-20)26-24(29)22-15-17-7-3-4-9-21(17)32-22/h2,10-13,15,19H,1,3-9,14,16H2,(H,25,28)(H,26,29). The minimum absolute atomic E-state index is 0.168. The Labute approximate surface area is 198 Å². The van der Waals surface area contributed by atoms with E-state index in [1.165, 1.54) is 45.8 Å². The first-order valence-electron chi connectivity index (χ1n) is 11.3. The van der Waals surface area contributed by atoms with E-state index in [2.05, 4.69) is 17.2 Å². The van der Waals surface area contributed by atoms with Crippen LogP contribution in [0.5, 0.6) is 0 Å². The Kier molecular flexibility index (Phi) is 7.31. The second-order valence-electron chi connectivity index (χ2n) is 8.51. The third kappa shape index (κ3) is 5.54. The Morgan fingerprint density at radius 3 is 2.58 bits per heavy atom. The number of nitrogens with one attached hydrogen (secondary N) is 2. The predicted octanol–water partition coefficient (Wildman–Crippen LogP) is 3.72. The van der Waals surface area contributed by atoms with E-state index in [1.807, 2.05) is 6.07 Å². The lowest BCUT2D eigenvalue weighted by atomic mass is 9.99. The molecule has 1 aliphatic carbocycles. The maximum absolute atomic E-state index is 13.2. The zero-order valence-corrected chi connectivity index (χ0v) is 20.1. The van der Waals surface area contributed by atoms with Gasteiger partial charge < -0.3 is 10.6 Å². The summed E-state index contributed by atoms with van der Waals surface area (Å²) >= 11 is 1.55. The van der Waals surface area contributed by atoms with Crippen LogP contribution >= 0.6 is 11.3 Å². The summed E-state index contributed by atoms with van der Waals surface area (Å²) in [5.41, 5.74) is 1.83. The first-order chi connectivity index (χ1) is 15.9. The normalized spacial score (nSPS) is 19.2. The van der Waals surface area contributed by atoms with Crippen molar-refractivity contribution in [3.63, 3.8) is 0 Å². The molecule has 2 aromatic rings. The summed E-state index contributed by atoms with van der Waals surface area (Å²) in [6.45, 7) is 4.09. The zero-order valence-electron chi connectivity index (χ0n) is 18.5. The lowest BCUT2D eigenvalue weighted by Gasteiger charge is -2.24. The molecule has 1 aromatic heterocycles. The van der Waals surface area contributed by atoms with Gasteiger partial charge in [-0.1, -0.05) is 13.0 Å². The molecule has 1 fully saturated rings. The van der Waals surface area contributed by atoms with Crippen LogP contribution in [-0.4, -0.2) is 43.7 Å². The Bertz CT molecular complexity index is 1120. The fourth-order valence-electron chi connectivity index (χ4n) is 4.36. The topological polar surface area (TPSA) is 95.6 Å². The average Bonchev–Trinajstić information content (AvgIpc) is 3.11. The van der Waals surface area contributed by atoms with Crippen LogP contribution in [-0.2, 0) is 27.7 Å². The predicted molar refractivity (Wildman–Crippen MR) is 130 cm³/mol. The van der Waals surface area contributed by atoms with Gasteiger partial charge in [0.05, 0.1) is 9.77 Å². The summed E-state index contributed by atoms with van der Waals surface area (Å²) in [6.07, 6.45) is 7.89. The number of hydrogen-bond acceptors (Lipinski definition) is 5. The fourth-order valence-corrected chi connectivity index (χ4v) is 7.03. The van der Waals surface area contributed by atoms with Gasteiger partial charge in [-0.2, -0.15) is 4.31 Å². The van der Waals surface area contributed by atoms with Crippen LogP contribution in [0.1, 0.15) is 52.2 Å². The van der Waals surface area contributed by atoms with E-state index in [-0.39, 0.29) is 29.3 Å². The molecule has 1 saturated heterocycles. The number of nitrogens with zero attached hydrogens (tertiary/aromatic N) is 1. The number of benzene rings is 1. The number of sulfonamides is 1. The Balaban J connectivity index is 1.44. The van der Waals surface area contributed by atoms with Gasteiger partial charge in [0.25, 0.3) is 5.91 Å². The minimum atomic E-state index is -3.71. The molecule has 0 saturated carbocycles. The van der Waals surface area contributed by atoms with E-state index in [1.54, 1.807) is 23.5 Å². The molecule has 2 aliphatic rings. The molecule has 33 heavy (non-hydrogen) atoms. The highest BCUT2D eigenvalue weighted by atomic mass is 32.2. The van der Waals surface area contributed by atoms with E-state index in [9.17, 15) is 18.0 Å². The van der Waals surface area contributed by atoms with Crippen LogP contribution < -0.4 is 10.6 Å². The molecule has 4 rings (SSSR count). The van der Waals surface area contributed by atoms with Crippen molar-refractivity contribution in [1.29, 1.82) is 0 Å². The van der Waals surface area contributed by atoms with Crippen LogP contribution in [0.4, 0.5) is 5.69 Å². The van der Waals surface area contributed by atoms with Crippen LogP contribution in [0.2, 0.25) is 0 Å². The van der Waals surface area contributed by atoms with Gasteiger partial charge in [0.15, 0.2) is 0 Å². The third-order valence-corrected chi connectivity index (χ3v) is 9.25. The molecule has 2 N–H and O–H groups in total. The molecule has 0 spiro atoms. The quantitative estimate of drug-likeness (QED) is 0.607. The van der Waals surface area contributed by atoms with E-state index < -0.39 is 10.0 Å². The summed E-state index contributed by atoms with van der Waals surface area (Å²) in [4.78, 5) is 26.5. The van der Waals surface area contributed by atoms with Crippen LogP contribution in [0, 0.1) is 0 Å². The molecule has 2 heterocycles. The van der Waals surface area contributed by atoms with Crippen LogP contribution in [0.15, 0.2) is 47.9 Å². The average molecular weight is 488 g/mol. The van der Waals surface area contributed by atoms with Crippen molar-refractivity contribution in [1.82, 2.24) is 9.62 Å². The fraction of sp³-hybridized carbons (Fsp3) is 0.417. The van der Waals surface area contributed by atoms with Crippen molar-refractivity contribution in [2.75, 3.05) is 18.4 Å². The van der Waals surface area contributed by atoms with E-state index in [0.29, 0.717) is 17.1 Å². The maximum atomic E-state index is 13.2. The second-order valence-corrected chi connectivity index (χ2v) is 11.6. The van der Waals surface area contributed by atoms with Gasteiger partial charge in [0.2, 0.25) is 15.9 Å². The second kappa shape index (κ2) is 10.2. The highest BCUT2D eigenvalue weighted by Crippen LogP contribution is 2.30. The molecular weight excluding hydrogens is 458 g/mol. The molecule has 0 radical (unpaired) electrons. The number of hydrogen-bond donors (Lipinski definition) is 2. The lowest BCUT2D eigenvalue weighted by Crippen LogP contribution is -2.44. The molecule has 1 atom stereocenters. The van der Waals surface area contributed by atoms with Gasteiger partial charge in [-0.05, 0) is 80.5 Å². The summed E-state index contributed by atoms with van der Waals surface area (Å²) in [6, 6.07) is 8.01. The van der Waals surface area contributed by atoms with E-state index in [4.69, 9.17) is 0 Å². The highest BCUT2D eigenvalue weighted by molar-refractivity contribution is 7.89. The number of amides is 2. The molecule has 1 aromatic carbocycles. The number of carbonyl (C=O) groups excluding carboxylic acids is 2. The third-order valence-electron chi connectivity index (χ3n) is 6.14. The molecule has 2 amide bonds. The Hall–Kier alpha value is -2.49. The van der Waals surface area contributed by atoms with Gasteiger partial charge >= 0.3 is 0 Å². The number of fused-ring (bicyclic) bond motifs is 1. The van der Waals surface area contributed by atoms with E-state index in [0.717, 1.165) is 32.1 Å². The van der Waals surface area contributed by atoms with Crippen molar-refractivity contribution >= 4 is 38.9 Å². The molecule has 1 unspecified atom stereocenters. The first-order valence-corrected chi connectivity index (χ1v) is 13.6. The van der Waals surface area contributed by atoms with Crippen molar-refractivity contribution in [2.45, 2.75) is 55.9 Å². The van der Waals surface area contributed by atoms with Crippen molar-refractivity contribution in [3.05, 3.63) is 58.3 Å². The number of anilines is 1. The molecule has 176 valence electrons. The minimum Gasteiger partial charge on any atom is -0.349 e. The SMILES string of the molecule is C=CC(=O)NC1CCCCN(S(=O)(=O)c2ccc(NC(=O)c3cc4c(s3)CCCC4)cc2)C1. The molecule has 1 aliphatic heterocycles. The summed E-state index contributed by atoms with van der Waals surface area (Å²) in [5.74, 6) is -0.468. The number of rotatable bonds is 6. The summed E-state index contributed by atoms with van der Waals surface area (Å²) < 4.78 is 27.9. The first kappa shape index (κ1) is 23.7. The van der Waals surface area contributed by atoms with Crippen molar-refractivity contribution in [3.8, 4) is 0 Å². The Morgan fingerprint density at radius 2 is 1.85 bits per heavy atom. The van der Waals surface area contributed by atoms with E-state index >= 15 is 0 Å². The highest BCUT2D eigenvalue weighted by Gasteiger charge is 2.29. The van der Waals surface area contributed by atoms with Gasteiger partial charge in [0, 0.05) is 29.7 Å². The van der Waals surface area contributed by atoms with Crippen molar-refractivity contribution in [2.24, 2.45) is 0 Å². The molecule has 9 heteroatoms. The van der Waals surface area contributed by atoms with Gasteiger partial charge in [0.1, 0.15) is 0 Å². The zero-order chi connectivity index (χ0) is 23.4. The van der Waals surface area contributed by atoms with Gasteiger partial charge in [-0.3, -0.25) is 9.59 Å². The number of aryl methyl sites for hydroxylation is 2. The monoisotopic (exact) mass is 487 g/mol. The largest absolute Gasteiger partial charge is 0.349 e. The molecule has 7 nitrogen and oxygen atoms in total. The van der Waals surface area contributed by atoms with Gasteiger partial charge in [-0.15, -0.1) is 11.3 Å². The number of thiophene rings is 1. The smallest absolute Gasteiger partial charge is 0.265 e. The van der Waals surface area contributed by atoms with Crippen LogP contribution in [0.25, 0.3) is 0 Å². The number of carbonyl (C=O) groups is 2. The van der Waals surface area contributed by atoms with Gasteiger partial charge in [-0.25, -0.2) is 8.42 Å². The lowest BCUT2D eigenvalue weighted by molar-refractivity contribution is -0.117.